The molecular formula is C19H20N2O3S. The number of hydrogen-bond donors (Lipinski definition) is 0. The summed E-state index contributed by atoms with van der Waals surface area (Å²) >= 11 is 1.48. The van der Waals surface area contributed by atoms with Crippen LogP contribution < -0.4 is 5.56 Å². The molecule has 0 aliphatic heterocycles. The predicted molar refractivity (Wildman–Crippen MR) is 99.1 cm³/mol. The summed E-state index contributed by atoms with van der Waals surface area (Å²) in [5.74, 6) is 0.118. The molecule has 0 amide bonds. The summed E-state index contributed by atoms with van der Waals surface area (Å²) < 4.78 is 6.65. The molecule has 0 aliphatic rings. The van der Waals surface area contributed by atoms with E-state index in [2.05, 4.69) is 17.1 Å². The number of carbonyl (C=O) groups is 1. The number of thiophene rings is 1. The van der Waals surface area contributed by atoms with Crippen LogP contribution in [0.25, 0.3) is 10.2 Å². The van der Waals surface area contributed by atoms with Crippen molar-refractivity contribution < 1.29 is 9.53 Å². The van der Waals surface area contributed by atoms with Crippen LogP contribution in [0.1, 0.15) is 22.7 Å². The van der Waals surface area contributed by atoms with Crippen molar-refractivity contribution in [2.24, 2.45) is 0 Å². The number of rotatable bonds is 6. The van der Waals surface area contributed by atoms with E-state index in [1.165, 1.54) is 21.5 Å². The van der Waals surface area contributed by atoms with Crippen LogP contribution in [0.4, 0.5) is 0 Å². The molecule has 6 heteroatoms. The Labute approximate surface area is 149 Å². The molecule has 130 valence electrons. The van der Waals surface area contributed by atoms with Crippen molar-refractivity contribution in [1.29, 1.82) is 0 Å². The zero-order valence-electron chi connectivity index (χ0n) is 14.3. The molecule has 2 heterocycles. The van der Waals surface area contributed by atoms with Gasteiger partial charge in [0.05, 0.1) is 12.0 Å². The fraction of sp³-hybridized carbons (Fsp3) is 0.316. The average Bonchev–Trinajstić information content (AvgIpc) is 2.97. The number of aromatic nitrogens is 2. The fourth-order valence-corrected chi connectivity index (χ4v) is 3.62. The van der Waals surface area contributed by atoms with Crippen LogP contribution in [0.3, 0.4) is 0 Å². The van der Waals surface area contributed by atoms with Crippen LogP contribution in [0.15, 0.2) is 41.2 Å². The van der Waals surface area contributed by atoms with E-state index < -0.39 is 5.97 Å². The third-order valence-corrected chi connectivity index (χ3v) is 4.91. The Morgan fingerprint density at radius 3 is 2.76 bits per heavy atom. The van der Waals surface area contributed by atoms with Gasteiger partial charge in [0.15, 0.2) is 0 Å². The van der Waals surface area contributed by atoms with Crippen molar-refractivity contribution in [2.45, 2.75) is 33.2 Å². The van der Waals surface area contributed by atoms with Crippen LogP contribution in [-0.4, -0.2) is 22.1 Å². The lowest BCUT2D eigenvalue weighted by molar-refractivity contribution is -0.144. The van der Waals surface area contributed by atoms with E-state index in [0.29, 0.717) is 22.6 Å². The highest BCUT2D eigenvalue weighted by molar-refractivity contribution is 7.18. The van der Waals surface area contributed by atoms with E-state index in [-0.39, 0.29) is 12.1 Å². The highest BCUT2D eigenvalue weighted by atomic mass is 32.1. The Bertz CT molecular complexity index is 944. The predicted octanol–water partition coefficient (Wildman–Crippen LogP) is 3.25. The first-order valence-electron chi connectivity index (χ1n) is 8.22. The number of esters is 1. The second-order valence-corrected chi connectivity index (χ2v) is 7.17. The lowest BCUT2D eigenvalue weighted by Crippen LogP contribution is -2.28. The van der Waals surface area contributed by atoms with Gasteiger partial charge in [0, 0.05) is 4.88 Å². The first kappa shape index (κ1) is 17.4. The van der Waals surface area contributed by atoms with E-state index in [0.717, 1.165) is 17.7 Å². The third kappa shape index (κ3) is 4.14. The van der Waals surface area contributed by atoms with Gasteiger partial charge in [0.25, 0.3) is 5.56 Å². The molecule has 0 saturated heterocycles. The van der Waals surface area contributed by atoms with Gasteiger partial charge in [-0.05, 0) is 38.3 Å². The number of benzene rings is 1. The Balaban J connectivity index is 1.59. The second kappa shape index (κ2) is 7.61. The Morgan fingerprint density at radius 2 is 2.00 bits per heavy atom. The van der Waals surface area contributed by atoms with Gasteiger partial charge < -0.3 is 4.74 Å². The molecule has 0 fully saturated rings. The summed E-state index contributed by atoms with van der Waals surface area (Å²) in [4.78, 5) is 30.8. The maximum atomic E-state index is 12.5. The summed E-state index contributed by atoms with van der Waals surface area (Å²) in [5.41, 5.74) is 1.03. The summed E-state index contributed by atoms with van der Waals surface area (Å²) in [6, 6.07) is 11.9. The number of hydrogen-bond acceptors (Lipinski definition) is 5. The SMILES string of the molecule is Cc1cc2c(=O)n(CC(=O)OCCCc3ccccc3)c(C)nc2s1. The van der Waals surface area contributed by atoms with Crippen LogP contribution in [0.5, 0.6) is 0 Å². The topological polar surface area (TPSA) is 61.2 Å². The Hall–Kier alpha value is -2.47. The number of fused-ring (bicyclic) bond motifs is 1. The van der Waals surface area contributed by atoms with Gasteiger partial charge in [-0.15, -0.1) is 11.3 Å². The third-order valence-electron chi connectivity index (χ3n) is 3.97. The van der Waals surface area contributed by atoms with E-state index in [9.17, 15) is 9.59 Å². The first-order valence-corrected chi connectivity index (χ1v) is 9.03. The maximum absolute atomic E-state index is 12.5. The molecule has 2 aromatic heterocycles. The standard InChI is InChI=1S/C19H20N2O3S/c1-13-11-16-18(25-13)20-14(2)21(19(16)23)12-17(22)24-10-6-9-15-7-4-3-5-8-15/h3-5,7-8,11H,6,9-10,12H2,1-2H3. The Kier molecular flexibility index (Phi) is 5.28. The molecule has 25 heavy (non-hydrogen) atoms. The van der Waals surface area contributed by atoms with Gasteiger partial charge in [-0.2, -0.15) is 0 Å². The molecule has 3 aromatic rings. The minimum absolute atomic E-state index is 0.103. The lowest BCUT2D eigenvalue weighted by Gasteiger charge is -2.09. The fourth-order valence-electron chi connectivity index (χ4n) is 2.71. The molecule has 0 aliphatic carbocycles. The van der Waals surface area contributed by atoms with Gasteiger partial charge in [-0.25, -0.2) is 4.98 Å². The van der Waals surface area contributed by atoms with Crippen LogP contribution in [0, 0.1) is 13.8 Å². The van der Waals surface area contributed by atoms with E-state index >= 15 is 0 Å². The molecule has 0 radical (unpaired) electrons. The molecule has 5 nitrogen and oxygen atoms in total. The number of carbonyl (C=O) groups excluding carboxylic acids is 1. The Morgan fingerprint density at radius 1 is 1.24 bits per heavy atom. The van der Waals surface area contributed by atoms with Gasteiger partial charge >= 0.3 is 5.97 Å². The molecule has 0 saturated carbocycles. The molecule has 0 bridgehead atoms. The largest absolute Gasteiger partial charge is 0.464 e. The maximum Gasteiger partial charge on any atom is 0.326 e. The number of ether oxygens (including phenoxy) is 1. The summed E-state index contributed by atoms with van der Waals surface area (Å²) in [6.45, 7) is 3.91. The smallest absolute Gasteiger partial charge is 0.326 e. The summed E-state index contributed by atoms with van der Waals surface area (Å²) in [7, 11) is 0. The molecular weight excluding hydrogens is 336 g/mol. The van der Waals surface area contributed by atoms with Crippen molar-refractivity contribution in [1.82, 2.24) is 9.55 Å². The highest BCUT2D eigenvalue weighted by Gasteiger charge is 2.14. The van der Waals surface area contributed by atoms with Gasteiger partial charge in [-0.1, -0.05) is 30.3 Å². The first-order chi connectivity index (χ1) is 12.0. The second-order valence-electron chi connectivity index (χ2n) is 5.94. The summed E-state index contributed by atoms with van der Waals surface area (Å²) in [5, 5.41) is 0.560. The van der Waals surface area contributed by atoms with Crippen molar-refractivity contribution in [3.05, 3.63) is 63.0 Å². The highest BCUT2D eigenvalue weighted by Crippen LogP contribution is 2.20. The zero-order valence-corrected chi connectivity index (χ0v) is 15.1. The molecule has 0 N–H and O–H groups in total. The minimum atomic E-state index is -0.411. The number of nitrogens with zero attached hydrogens (tertiary/aromatic N) is 2. The van der Waals surface area contributed by atoms with Gasteiger partial charge in [-0.3, -0.25) is 14.2 Å². The van der Waals surface area contributed by atoms with E-state index in [4.69, 9.17) is 4.74 Å². The molecule has 3 rings (SSSR count). The number of aryl methyl sites for hydroxylation is 3. The van der Waals surface area contributed by atoms with Crippen LogP contribution in [0.2, 0.25) is 0 Å². The van der Waals surface area contributed by atoms with Crippen molar-refractivity contribution >= 4 is 27.5 Å². The average molecular weight is 356 g/mol. The van der Waals surface area contributed by atoms with Gasteiger partial charge in [0.1, 0.15) is 17.2 Å². The van der Waals surface area contributed by atoms with Crippen molar-refractivity contribution in [3.8, 4) is 0 Å². The zero-order chi connectivity index (χ0) is 17.8. The summed E-state index contributed by atoms with van der Waals surface area (Å²) in [6.07, 6.45) is 1.61. The minimum Gasteiger partial charge on any atom is -0.464 e. The van der Waals surface area contributed by atoms with Crippen LogP contribution >= 0.6 is 11.3 Å². The van der Waals surface area contributed by atoms with Crippen LogP contribution in [-0.2, 0) is 22.5 Å². The quantitative estimate of drug-likeness (QED) is 0.502. The lowest BCUT2D eigenvalue weighted by atomic mass is 10.1. The van der Waals surface area contributed by atoms with Crippen molar-refractivity contribution in [2.75, 3.05) is 6.61 Å². The van der Waals surface area contributed by atoms with Gasteiger partial charge in [0.2, 0.25) is 0 Å². The molecule has 0 spiro atoms. The van der Waals surface area contributed by atoms with E-state index in [1.54, 1.807) is 6.92 Å². The molecule has 1 aromatic carbocycles. The monoisotopic (exact) mass is 356 g/mol. The van der Waals surface area contributed by atoms with E-state index in [1.807, 2.05) is 31.2 Å². The normalized spacial score (nSPS) is 11.0. The molecule has 0 unspecified atom stereocenters. The van der Waals surface area contributed by atoms with Crippen molar-refractivity contribution in [3.63, 3.8) is 0 Å². The molecule has 0 atom stereocenters.